The van der Waals surface area contributed by atoms with Gasteiger partial charge in [0, 0.05) is 0 Å². The molecule has 0 fully saturated rings. The van der Waals surface area contributed by atoms with E-state index < -0.39 is 0 Å². The zero-order valence-corrected chi connectivity index (χ0v) is 13.0. The molecule has 0 aromatic heterocycles. The largest absolute Gasteiger partial charge is 0.0880 e. The summed E-state index contributed by atoms with van der Waals surface area (Å²) >= 11 is 0. The number of rotatable bonds is 9. The Morgan fingerprint density at radius 1 is 0.944 bits per heavy atom. The van der Waals surface area contributed by atoms with Gasteiger partial charge in [0.2, 0.25) is 0 Å². The molecular weight excluding hydrogens is 216 g/mol. The molecule has 1 rings (SSSR count). The highest BCUT2D eigenvalue weighted by Gasteiger charge is 2.35. The summed E-state index contributed by atoms with van der Waals surface area (Å²) in [6.45, 7) is 7.00. The Balaban J connectivity index is 2.72. The Morgan fingerprint density at radius 3 is 2.11 bits per heavy atom. The summed E-state index contributed by atoms with van der Waals surface area (Å²) in [7, 11) is 0. The fraction of sp³-hybridized carbons (Fsp3) is 0.889. The highest BCUT2D eigenvalue weighted by molar-refractivity contribution is 5.07. The lowest BCUT2D eigenvalue weighted by atomic mass is 9.63. The van der Waals surface area contributed by atoms with Crippen LogP contribution in [-0.2, 0) is 0 Å². The quantitative estimate of drug-likeness (QED) is 0.409. The minimum Gasteiger partial charge on any atom is -0.0880 e. The SMILES string of the molecule is CCCCC1CCC=CC1(CCCC)CCCC. The van der Waals surface area contributed by atoms with E-state index in [4.69, 9.17) is 0 Å². The molecule has 1 aliphatic rings. The van der Waals surface area contributed by atoms with Crippen molar-refractivity contribution >= 4 is 0 Å². The fourth-order valence-electron chi connectivity index (χ4n) is 3.63. The first-order chi connectivity index (χ1) is 8.79. The predicted octanol–water partition coefficient (Wildman–Crippen LogP) is 6.51. The molecule has 18 heavy (non-hydrogen) atoms. The lowest BCUT2D eigenvalue weighted by Crippen LogP contribution is -2.31. The average molecular weight is 250 g/mol. The normalized spacial score (nSPS) is 22.3. The van der Waals surface area contributed by atoms with E-state index in [0.29, 0.717) is 5.41 Å². The Bertz CT molecular complexity index is 218. The summed E-state index contributed by atoms with van der Waals surface area (Å²) in [4.78, 5) is 0. The number of hydrogen-bond acceptors (Lipinski definition) is 0. The van der Waals surface area contributed by atoms with Crippen molar-refractivity contribution in [3.05, 3.63) is 12.2 Å². The van der Waals surface area contributed by atoms with Crippen molar-refractivity contribution in [1.29, 1.82) is 0 Å². The van der Waals surface area contributed by atoms with Crippen molar-refractivity contribution in [3.8, 4) is 0 Å². The molecule has 1 aliphatic carbocycles. The minimum atomic E-state index is 0.569. The molecule has 1 atom stereocenters. The molecular formula is C18H34. The highest BCUT2D eigenvalue weighted by Crippen LogP contribution is 2.47. The molecule has 106 valence electrons. The van der Waals surface area contributed by atoms with E-state index in [1.54, 1.807) is 0 Å². The third-order valence-electron chi connectivity index (χ3n) is 4.84. The first-order valence-corrected chi connectivity index (χ1v) is 8.46. The highest BCUT2D eigenvalue weighted by atomic mass is 14.4. The van der Waals surface area contributed by atoms with Crippen molar-refractivity contribution in [3.63, 3.8) is 0 Å². The Morgan fingerprint density at radius 2 is 1.56 bits per heavy atom. The first kappa shape index (κ1) is 15.8. The summed E-state index contributed by atoms with van der Waals surface area (Å²) in [6.07, 6.45) is 20.5. The van der Waals surface area contributed by atoms with Gasteiger partial charge in [0.05, 0.1) is 0 Å². The molecule has 0 aliphatic heterocycles. The Hall–Kier alpha value is -0.260. The van der Waals surface area contributed by atoms with Gasteiger partial charge in [-0.3, -0.25) is 0 Å². The van der Waals surface area contributed by atoms with Gasteiger partial charge in [0.25, 0.3) is 0 Å². The van der Waals surface area contributed by atoms with Crippen LogP contribution in [0.4, 0.5) is 0 Å². The van der Waals surface area contributed by atoms with Crippen LogP contribution in [-0.4, -0.2) is 0 Å². The lowest BCUT2D eigenvalue weighted by Gasteiger charge is -2.42. The van der Waals surface area contributed by atoms with Crippen molar-refractivity contribution in [2.45, 2.75) is 91.4 Å². The van der Waals surface area contributed by atoms with Gasteiger partial charge in [0.15, 0.2) is 0 Å². The van der Waals surface area contributed by atoms with Crippen LogP contribution in [0.5, 0.6) is 0 Å². The average Bonchev–Trinajstić information content (AvgIpc) is 2.42. The third kappa shape index (κ3) is 4.44. The van der Waals surface area contributed by atoms with E-state index in [9.17, 15) is 0 Å². The van der Waals surface area contributed by atoms with Gasteiger partial charge in [-0.1, -0.05) is 71.4 Å². The Labute approximate surface area is 115 Å². The minimum absolute atomic E-state index is 0.569. The standard InChI is InChI=1S/C18H34/c1-4-7-12-17-13-10-11-16-18(17,14-8-5-2)15-9-6-3/h11,16-17H,4-10,12-15H2,1-3H3. The summed E-state index contributed by atoms with van der Waals surface area (Å²) in [6, 6.07) is 0. The monoisotopic (exact) mass is 250 g/mol. The second-order valence-corrected chi connectivity index (χ2v) is 6.26. The molecule has 0 spiro atoms. The molecule has 0 amide bonds. The van der Waals surface area contributed by atoms with Gasteiger partial charge in [-0.25, -0.2) is 0 Å². The van der Waals surface area contributed by atoms with E-state index >= 15 is 0 Å². The molecule has 0 N–H and O–H groups in total. The van der Waals surface area contributed by atoms with Gasteiger partial charge < -0.3 is 0 Å². The molecule has 0 heterocycles. The molecule has 0 saturated heterocycles. The van der Waals surface area contributed by atoms with Gasteiger partial charge in [-0.15, -0.1) is 0 Å². The van der Waals surface area contributed by atoms with Crippen molar-refractivity contribution in [1.82, 2.24) is 0 Å². The maximum absolute atomic E-state index is 2.63. The van der Waals surface area contributed by atoms with Gasteiger partial charge in [-0.05, 0) is 43.4 Å². The van der Waals surface area contributed by atoms with Gasteiger partial charge in [-0.2, -0.15) is 0 Å². The molecule has 0 heteroatoms. The third-order valence-corrected chi connectivity index (χ3v) is 4.84. The second-order valence-electron chi connectivity index (χ2n) is 6.26. The van der Waals surface area contributed by atoms with E-state index in [0.717, 1.165) is 5.92 Å². The molecule has 1 unspecified atom stereocenters. The summed E-state index contributed by atoms with van der Waals surface area (Å²) in [5.41, 5.74) is 0.569. The number of hydrogen-bond donors (Lipinski definition) is 0. The van der Waals surface area contributed by atoms with E-state index in [-0.39, 0.29) is 0 Å². The van der Waals surface area contributed by atoms with E-state index in [1.807, 2.05) is 0 Å². The Kier molecular flexibility index (Phi) is 7.70. The number of allylic oxidation sites excluding steroid dienone is 2. The van der Waals surface area contributed by atoms with Gasteiger partial charge in [0.1, 0.15) is 0 Å². The molecule has 0 saturated carbocycles. The van der Waals surface area contributed by atoms with Crippen LogP contribution in [0.3, 0.4) is 0 Å². The molecule has 0 aromatic rings. The number of unbranched alkanes of at least 4 members (excludes halogenated alkanes) is 3. The molecule has 0 aromatic carbocycles. The van der Waals surface area contributed by atoms with Crippen LogP contribution < -0.4 is 0 Å². The summed E-state index contributed by atoms with van der Waals surface area (Å²) in [5.74, 6) is 0.973. The maximum Gasteiger partial charge on any atom is -0.00899 e. The fourth-order valence-corrected chi connectivity index (χ4v) is 3.63. The zero-order chi connectivity index (χ0) is 13.3. The van der Waals surface area contributed by atoms with Crippen LogP contribution >= 0.6 is 0 Å². The lowest BCUT2D eigenvalue weighted by molar-refractivity contribution is 0.150. The van der Waals surface area contributed by atoms with Crippen molar-refractivity contribution in [2.24, 2.45) is 11.3 Å². The van der Waals surface area contributed by atoms with E-state index in [2.05, 4.69) is 32.9 Å². The van der Waals surface area contributed by atoms with Crippen LogP contribution in [0.1, 0.15) is 91.4 Å². The maximum atomic E-state index is 2.63. The van der Waals surface area contributed by atoms with Crippen molar-refractivity contribution in [2.75, 3.05) is 0 Å². The van der Waals surface area contributed by atoms with Crippen molar-refractivity contribution < 1.29 is 0 Å². The molecule has 0 radical (unpaired) electrons. The predicted molar refractivity (Wildman–Crippen MR) is 82.9 cm³/mol. The summed E-state index contributed by atoms with van der Waals surface area (Å²) in [5, 5.41) is 0. The van der Waals surface area contributed by atoms with Crippen LogP contribution in [0.25, 0.3) is 0 Å². The topological polar surface area (TPSA) is 0 Å². The zero-order valence-electron chi connectivity index (χ0n) is 13.0. The van der Waals surface area contributed by atoms with E-state index in [1.165, 1.54) is 70.6 Å². The second kappa shape index (κ2) is 8.77. The molecule has 0 bridgehead atoms. The van der Waals surface area contributed by atoms with Crippen LogP contribution in [0.15, 0.2) is 12.2 Å². The first-order valence-electron chi connectivity index (χ1n) is 8.46. The van der Waals surface area contributed by atoms with Crippen LogP contribution in [0, 0.1) is 11.3 Å². The van der Waals surface area contributed by atoms with Crippen LogP contribution in [0.2, 0.25) is 0 Å². The smallest absolute Gasteiger partial charge is 0.00899 e. The van der Waals surface area contributed by atoms with Gasteiger partial charge >= 0.3 is 0 Å². The summed E-state index contributed by atoms with van der Waals surface area (Å²) < 4.78 is 0. The molecule has 0 nitrogen and oxygen atoms in total.